The molecular weight excluding hydrogens is 448 g/mol. The second-order valence-electron chi connectivity index (χ2n) is 6.85. The van der Waals surface area contributed by atoms with Crippen molar-refractivity contribution in [2.45, 2.75) is 12.3 Å². The molecule has 0 spiro atoms. The van der Waals surface area contributed by atoms with Gasteiger partial charge in [-0.3, -0.25) is 14.5 Å². The van der Waals surface area contributed by atoms with E-state index in [1.807, 2.05) is 72.5 Å². The number of halogens is 1. The van der Waals surface area contributed by atoms with Crippen molar-refractivity contribution >= 4 is 50.9 Å². The molecule has 3 aromatic rings. The van der Waals surface area contributed by atoms with Gasteiger partial charge in [0.05, 0.1) is 5.75 Å². The molecule has 0 aliphatic carbocycles. The second kappa shape index (κ2) is 8.43. The van der Waals surface area contributed by atoms with Gasteiger partial charge in [0, 0.05) is 21.4 Å². The molecule has 3 aromatic carbocycles. The highest BCUT2D eigenvalue weighted by Crippen LogP contribution is 2.42. The van der Waals surface area contributed by atoms with Crippen molar-refractivity contribution in [2.24, 2.45) is 0 Å². The zero-order valence-corrected chi connectivity index (χ0v) is 18.2. The molecule has 1 heterocycles. The number of carbonyl (C=O) groups excluding carboxylic acids is 2. The minimum Gasteiger partial charge on any atom is -0.322 e. The van der Waals surface area contributed by atoms with Crippen LogP contribution in [-0.2, 0) is 4.79 Å². The molecule has 0 bridgehead atoms. The Morgan fingerprint density at radius 1 is 1.07 bits per heavy atom. The molecule has 146 valence electrons. The summed E-state index contributed by atoms with van der Waals surface area (Å²) in [7, 11) is 0. The number of anilines is 2. The van der Waals surface area contributed by atoms with Crippen LogP contribution >= 0.6 is 27.7 Å². The van der Waals surface area contributed by atoms with E-state index in [0.717, 1.165) is 27.0 Å². The fraction of sp³-hybridized carbons (Fsp3) is 0.130. The van der Waals surface area contributed by atoms with Crippen molar-refractivity contribution in [2.75, 3.05) is 16.0 Å². The third-order valence-electron chi connectivity index (χ3n) is 4.71. The van der Waals surface area contributed by atoms with E-state index < -0.39 is 0 Å². The van der Waals surface area contributed by atoms with Crippen LogP contribution in [0.1, 0.15) is 26.9 Å². The maximum absolute atomic E-state index is 12.5. The SMILES string of the molecule is Cc1cccc(N2C(=O)CSC2c2ccc(NC(=O)c3ccc(Br)cc3)cc2)c1. The van der Waals surface area contributed by atoms with Gasteiger partial charge in [-0.15, -0.1) is 11.8 Å². The number of amides is 2. The summed E-state index contributed by atoms with van der Waals surface area (Å²) in [5.41, 5.74) is 4.39. The van der Waals surface area contributed by atoms with E-state index >= 15 is 0 Å². The van der Waals surface area contributed by atoms with Crippen molar-refractivity contribution in [1.29, 1.82) is 0 Å². The van der Waals surface area contributed by atoms with E-state index in [0.29, 0.717) is 11.3 Å². The molecule has 1 atom stereocenters. The lowest BCUT2D eigenvalue weighted by molar-refractivity contribution is -0.115. The van der Waals surface area contributed by atoms with E-state index in [1.54, 1.807) is 23.9 Å². The van der Waals surface area contributed by atoms with E-state index in [4.69, 9.17) is 0 Å². The normalized spacial score (nSPS) is 16.1. The summed E-state index contributed by atoms with van der Waals surface area (Å²) in [5.74, 6) is 0.413. The van der Waals surface area contributed by atoms with Gasteiger partial charge in [-0.25, -0.2) is 0 Å². The maximum atomic E-state index is 12.5. The van der Waals surface area contributed by atoms with Gasteiger partial charge in [-0.1, -0.05) is 40.2 Å². The molecule has 6 heteroatoms. The molecule has 29 heavy (non-hydrogen) atoms. The lowest BCUT2D eigenvalue weighted by atomic mass is 10.1. The number of carbonyl (C=O) groups is 2. The average molecular weight is 467 g/mol. The van der Waals surface area contributed by atoms with E-state index in [2.05, 4.69) is 21.2 Å². The highest BCUT2D eigenvalue weighted by Gasteiger charge is 2.34. The molecule has 1 N–H and O–H groups in total. The molecule has 1 fully saturated rings. The van der Waals surface area contributed by atoms with Gasteiger partial charge in [0.1, 0.15) is 5.37 Å². The Balaban J connectivity index is 1.51. The predicted octanol–water partition coefficient (Wildman–Crippen LogP) is 5.79. The number of hydrogen-bond donors (Lipinski definition) is 1. The first-order valence-electron chi connectivity index (χ1n) is 9.18. The van der Waals surface area contributed by atoms with Crippen LogP contribution in [0, 0.1) is 6.92 Å². The van der Waals surface area contributed by atoms with Gasteiger partial charge in [-0.05, 0) is 66.6 Å². The van der Waals surface area contributed by atoms with Gasteiger partial charge in [-0.2, -0.15) is 0 Å². The van der Waals surface area contributed by atoms with Crippen LogP contribution in [-0.4, -0.2) is 17.6 Å². The van der Waals surface area contributed by atoms with Gasteiger partial charge in [0.15, 0.2) is 0 Å². The van der Waals surface area contributed by atoms with Crippen LogP contribution in [0.15, 0.2) is 77.3 Å². The van der Waals surface area contributed by atoms with Crippen molar-refractivity contribution in [1.82, 2.24) is 0 Å². The van der Waals surface area contributed by atoms with Gasteiger partial charge < -0.3 is 5.32 Å². The maximum Gasteiger partial charge on any atom is 0.255 e. The Morgan fingerprint density at radius 3 is 2.48 bits per heavy atom. The van der Waals surface area contributed by atoms with Crippen molar-refractivity contribution in [3.8, 4) is 0 Å². The molecule has 4 nitrogen and oxygen atoms in total. The number of nitrogens with zero attached hydrogens (tertiary/aromatic N) is 1. The molecule has 0 aromatic heterocycles. The van der Waals surface area contributed by atoms with E-state index in [-0.39, 0.29) is 17.2 Å². The zero-order valence-electron chi connectivity index (χ0n) is 15.8. The Bertz CT molecular complexity index is 1050. The van der Waals surface area contributed by atoms with Crippen LogP contribution in [0.2, 0.25) is 0 Å². The van der Waals surface area contributed by atoms with Crippen molar-refractivity contribution in [3.63, 3.8) is 0 Å². The monoisotopic (exact) mass is 466 g/mol. The average Bonchev–Trinajstić information content (AvgIpc) is 3.10. The number of rotatable bonds is 4. The van der Waals surface area contributed by atoms with Crippen LogP contribution in [0.5, 0.6) is 0 Å². The molecule has 4 rings (SSSR count). The second-order valence-corrected chi connectivity index (χ2v) is 8.83. The lowest BCUT2D eigenvalue weighted by Gasteiger charge is -2.25. The lowest BCUT2D eigenvalue weighted by Crippen LogP contribution is -2.27. The van der Waals surface area contributed by atoms with Gasteiger partial charge in [0.2, 0.25) is 5.91 Å². The van der Waals surface area contributed by atoms with Gasteiger partial charge >= 0.3 is 0 Å². The third kappa shape index (κ3) is 4.38. The quantitative estimate of drug-likeness (QED) is 0.529. The van der Waals surface area contributed by atoms with Crippen LogP contribution in [0.25, 0.3) is 0 Å². The number of hydrogen-bond acceptors (Lipinski definition) is 3. The van der Waals surface area contributed by atoms with Crippen molar-refractivity contribution in [3.05, 3.63) is 94.0 Å². The summed E-state index contributed by atoms with van der Waals surface area (Å²) < 4.78 is 0.931. The molecule has 0 saturated carbocycles. The summed E-state index contributed by atoms with van der Waals surface area (Å²) in [6.45, 7) is 2.02. The fourth-order valence-corrected chi connectivity index (χ4v) is 4.70. The number of aryl methyl sites for hydroxylation is 1. The fourth-order valence-electron chi connectivity index (χ4n) is 3.26. The molecule has 2 amide bonds. The number of nitrogens with one attached hydrogen (secondary N) is 1. The van der Waals surface area contributed by atoms with Crippen LogP contribution in [0.3, 0.4) is 0 Å². The molecule has 1 aliphatic rings. The predicted molar refractivity (Wildman–Crippen MR) is 122 cm³/mol. The molecule has 1 unspecified atom stereocenters. The third-order valence-corrected chi connectivity index (χ3v) is 6.45. The van der Waals surface area contributed by atoms with Crippen molar-refractivity contribution < 1.29 is 9.59 Å². The standard InChI is InChI=1S/C23H19BrN2O2S/c1-15-3-2-4-20(13-15)26-21(27)14-29-23(26)17-7-11-19(12-8-17)25-22(28)16-5-9-18(24)10-6-16/h2-13,23H,14H2,1H3,(H,25,28). The topological polar surface area (TPSA) is 49.4 Å². The first-order valence-corrected chi connectivity index (χ1v) is 11.0. The Hall–Kier alpha value is -2.57. The summed E-state index contributed by atoms with van der Waals surface area (Å²) in [6.07, 6.45) is 0. The minimum atomic E-state index is -0.156. The first kappa shape index (κ1) is 19.7. The number of benzene rings is 3. The van der Waals surface area contributed by atoms with E-state index in [9.17, 15) is 9.59 Å². The van der Waals surface area contributed by atoms with E-state index in [1.165, 1.54) is 0 Å². The Kier molecular flexibility index (Phi) is 5.74. The number of thioether (sulfide) groups is 1. The summed E-state index contributed by atoms with van der Waals surface area (Å²) in [6, 6.07) is 22.9. The Morgan fingerprint density at radius 2 is 1.79 bits per heavy atom. The molecule has 0 radical (unpaired) electrons. The molecule has 1 saturated heterocycles. The minimum absolute atomic E-state index is 0.0690. The Labute approximate surface area is 182 Å². The summed E-state index contributed by atoms with van der Waals surface area (Å²) in [4.78, 5) is 26.8. The van der Waals surface area contributed by atoms with Gasteiger partial charge in [0.25, 0.3) is 5.91 Å². The zero-order chi connectivity index (χ0) is 20.4. The molecular formula is C23H19BrN2O2S. The summed E-state index contributed by atoms with van der Waals surface area (Å²) in [5, 5.41) is 2.84. The van der Waals surface area contributed by atoms with Crippen LogP contribution in [0.4, 0.5) is 11.4 Å². The molecule has 1 aliphatic heterocycles. The summed E-state index contributed by atoms with van der Waals surface area (Å²) >= 11 is 4.98. The largest absolute Gasteiger partial charge is 0.322 e. The smallest absolute Gasteiger partial charge is 0.255 e. The highest BCUT2D eigenvalue weighted by molar-refractivity contribution is 9.10. The van der Waals surface area contributed by atoms with Crippen LogP contribution < -0.4 is 10.2 Å². The highest BCUT2D eigenvalue weighted by atomic mass is 79.9. The first-order chi connectivity index (χ1) is 14.0.